The van der Waals surface area contributed by atoms with Gasteiger partial charge in [0.2, 0.25) is 0 Å². The fraction of sp³-hybridized carbons (Fsp3) is 0.381. The molecule has 0 bridgehead atoms. The van der Waals surface area contributed by atoms with Gasteiger partial charge in [0.15, 0.2) is 0 Å². The van der Waals surface area contributed by atoms with Crippen LogP contribution in [0.4, 0.5) is 10.5 Å². The van der Waals surface area contributed by atoms with Crippen LogP contribution < -0.4 is 10.2 Å². The van der Waals surface area contributed by atoms with Gasteiger partial charge in [0, 0.05) is 17.6 Å². The molecule has 1 N–H and O–H groups in total. The molecule has 2 aromatic rings. The molecule has 2 atom stereocenters. The van der Waals surface area contributed by atoms with Crippen LogP contribution in [0.2, 0.25) is 5.02 Å². The largest absolute Gasteiger partial charge is 0.335 e. The number of urea groups is 1. The number of fused-ring (bicyclic) bond motifs is 1. The van der Waals surface area contributed by atoms with Crippen LogP contribution in [-0.4, -0.2) is 18.6 Å². The van der Waals surface area contributed by atoms with E-state index in [9.17, 15) is 4.79 Å². The average molecular weight is 355 g/mol. The number of nitrogens with zero attached hydrogens (tertiary/aromatic N) is 1. The van der Waals surface area contributed by atoms with Gasteiger partial charge in [0.1, 0.15) is 0 Å². The lowest BCUT2D eigenvalue weighted by Crippen LogP contribution is -2.46. The maximum atomic E-state index is 12.8. The van der Waals surface area contributed by atoms with E-state index >= 15 is 0 Å². The van der Waals surface area contributed by atoms with Gasteiger partial charge in [0.05, 0.1) is 5.69 Å². The summed E-state index contributed by atoms with van der Waals surface area (Å²) in [7, 11) is 0. The van der Waals surface area contributed by atoms with Gasteiger partial charge in [-0.05, 0) is 54.9 Å². The van der Waals surface area contributed by atoms with Crippen molar-refractivity contribution in [2.45, 2.75) is 38.1 Å². The van der Waals surface area contributed by atoms with E-state index in [1.54, 1.807) is 0 Å². The summed E-state index contributed by atoms with van der Waals surface area (Å²) >= 11 is 6.12. The number of hydrogen-bond donors (Lipinski definition) is 1. The van der Waals surface area contributed by atoms with Crippen LogP contribution >= 0.6 is 11.6 Å². The number of carbonyl (C=O) groups excluding carboxylic acids is 1. The maximum absolute atomic E-state index is 12.8. The molecular formula is C21H23ClN2O. The molecule has 0 spiro atoms. The highest BCUT2D eigenvalue weighted by Crippen LogP contribution is 2.32. The van der Waals surface area contributed by atoms with Crippen LogP contribution in [0, 0.1) is 5.92 Å². The number of hydrogen-bond acceptors (Lipinski definition) is 1. The van der Waals surface area contributed by atoms with Gasteiger partial charge in [-0.15, -0.1) is 0 Å². The lowest BCUT2D eigenvalue weighted by molar-refractivity contribution is 0.239. The molecule has 0 saturated heterocycles. The highest BCUT2D eigenvalue weighted by Gasteiger charge is 2.32. The molecule has 3 nitrogen and oxygen atoms in total. The number of carbonyl (C=O) groups is 1. The minimum Gasteiger partial charge on any atom is -0.335 e. The van der Waals surface area contributed by atoms with E-state index in [2.05, 4.69) is 29.6 Å². The monoisotopic (exact) mass is 354 g/mol. The standard InChI is InChI=1S/C21H23ClN2O/c22-18-10-9-16-11-12-24(20(16)14-18)21(25)23-19-8-4-7-17(19)13-15-5-2-1-3-6-15/h1-3,5-6,9-10,14,17,19H,4,7-8,11-13H2,(H,23,25). The van der Waals surface area contributed by atoms with Gasteiger partial charge in [-0.25, -0.2) is 4.79 Å². The minimum absolute atomic E-state index is 0.0194. The van der Waals surface area contributed by atoms with E-state index in [1.165, 1.54) is 24.0 Å². The third kappa shape index (κ3) is 3.52. The normalized spacial score (nSPS) is 22.0. The molecule has 0 aromatic heterocycles. The van der Waals surface area contributed by atoms with Gasteiger partial charge >= 0.3 is 6.03 Å². The molecule has 1 aliphatic heterocycles. The number of rotatable bonds is 3. The van der Waals surface area contributed by atoms with Crippen molar-refractivity contribution in [3.8, 4) is 0 Å². The molecule has 1 heterocycles. The SMILES string of the molecule is O=C(NC1CCCC1Cc1ccccc1)N1CCc2ccc(Cl)cc21. The Labute approximate surface area is 154 Å². The van der Waals surface area contributed by atoms with E-state index < -0.39 is 0 Å². The first-order valence-corrected chi connectivity index (χ1v) is 9.49. The summed E-state index contributed by atoms with van der Waals surface area (Å²) < 4.78 is 0. The van der Waals surface area contributed by atoms with E-state index in [1.807, 2.05) is 29.2 Å². The fourth-order valence-corrected chi connectivity index (χ4v) is 4.35. The van der Waals surface area contributed by atoms with Crippen molar-refractivity contribution >= 4 is 23.3 Å². The molecule has 0 radical (unpaired) electrons. The lowest BCUT2D eigenvalue weighted by Gasteiger charge is -2.25. The Morgan fingerprint density at radius 1 is 1.16 bits per heavy atom. The van der Waals surface area contributed by atoms with E-state index in [4.69, 9.17) is 11.6 Å². The minimum atomic E-state index is 0.0194. The van der Waals surface area contributed by atoms with E-state index in [0.717, 1.165) is 31.5 Å². The molecule has 1 saturated carbocycles. The zero-order valence-corrected chi connectivity index (χ0v) is 15.0. The topological polar surface area (TPSA) is 32.3 Å². The van der Waals surface area contributed by atoms with Gasteiger partial charge in [0.25, 0.3) is 0 Å². The number of halogens is 1. The quantitative estimate of drug-likeness (QED) is 0.841. The summed E-state index contributed by atoms with van der Waals surface area (Å²) in [5, 5.41) is 3.98. The number of benzene rings is 2. The summed E-state index contributed by atoms with van der Waals surface area (Å²) in [4.78, 5) is 14.7. The Hall–Kier alpha value is -2.00. The molecule has 2 aliphatic rings. The predicted molar refractivity (Wildman–Crippen MR) is 102 cm³/mol. The molecule has 1 aliphatic carbocycles. The van der Waals surface area contributed by atoms with Crippen molar-refractivity contribution in [3.05, 3.63) is 64.7 Å². The molecule has 25 heavy (non-hydrogen) atoms. The van der Waals surface area contributed by atoms with Crippen LogP contribution in [0.5, 0.6) is 0 Å². The summed E-state index contributed by atoms with van der Waals surface area (Å²) in [5.41, 5.74) is 3.52. The fourth-order valence-electron chi connectivity index (χ4n) is 4.19. The number of amides is 2. The number of nitrogens with one attached hydrogen (secondary N) is 1. The summed E-state index contributed by atoms with van der Waals surface area (Å²) in [6, 6.07) is 16.7. The van der Waals surface area contributed by atoms with Crippen LogP contribution in [0.15, 0.2) is 48.5 Å². The molecule has 2 amide bonds. The van der Waals surface area contributed by atoms with Crippen LogP contribution in [0.3, 0.4) is 0 Å². The zero-order chi connectivity index (χ0) is 17.2. The van der Waals surface area contributed by atoms with Gasteiger partial charge in [-0.1, -0.05) is 54.4 Å². The second-order valence-corrected chi connectivity index (χ2v) is 7.55. The van der Waals surface area contributed by atoms with Crippen molar-refractivity contribution in [2.75, 3.05) is 11.4 Å². The third-order valence-electron chi connectivity index (χ3n) is 5.50. The highest BCUT2D eigenvalue weighted by atomic mass is 35.5. The summed E-state index contributed by atoms with van der Waals surface area (Å²) in [6.45, 7) is 0.734. The molecule has 4 heteroatoms. The molecule has 130 valence electrons. The first-order chi connectivity index (χ1) is 12.2. The molecular weight excluding hydrogens is 332 g/mol. The van der Waals surface area contributed by atoms with E-state index in [-0.39, 0.29) is 12.1 Å². The lowest BCUT2D eigenvalue weighted by atomic mass is 9.95. The molecule has 2 unspecified atom stereocenters. The third-order valence-corrected chi connectivity index (χ3v) is 5.73. The Kier molecular flexibility index (Phi) is 4.67. The maximum Gasteiger partial charge on any atom is 0.322 e. The van der Waals surface area contributed by atoms with Crippen molar-refractivity contribution in [1.82, 2.24) is 5.32 Å². The Morgan fingerprint density at radius 2 is 2.00 bits per heavy atom. The van der Waals surface area contributed by atoms with Gasteiger partial charge < -0.3 is 5.32 Å². The molecule has 4 rings (SSSR count). The van der Waals surface area contributed by atoms with Crippen molar-refractivity contribution in [2.24, 2.45) is 5.92 Å². The molecule has 1 fully saturated rings. The van der Waals surface area contributed by atoms with Crippen molar-refractivity contribution < 1.29 is 4.79 Å². The second-order valence-electron chi connectivity index (χ2n) is 7.11. The van der Waals surface area contributed by atoms with E-state index in [0.29, 0.717) is 10.9 Å². The van der Waals surface area contributed by atoms with Crippen molar-refractivity contribution in [1.29, 1.82) is 0 Å². The highest BCUT2D eigenvalue weighted by molar-refractivity contribution is 6.31. The molecule has 2 aromatic carbocycles. The predicted octanol–water partition coefficient (Wildman–Crippen LogP) is 4.82. The zero-order valence-electron chi connectivity index (χ0n) is 14.2. The number of anilines is 1. The Bertz CT molecular complexity index is 762. The first kappa shape index (κ1) is 16.5. The summed E-state index contributed by atoms with van der Waals surface area (Å²) in [5.74, 6) is 0.521. The van der Waals surface area contributed by atoms with Crippen LogP contribution in [-0.2, 0) is 12.8 Å². The average Bonchev–Trinajstić information content (AvgIpc) is 3.22. The smallest absolute Gasteiger partial charge is 0.322 e. The first-order valence-electron chi connectivity index (χ1n) is 9.11. The van der Waals surface area contributed by atoms with Gasteiger partial charge in [-0.3, -0.25) is 4.90 Å². The van der Waals surface area contributed by atoms with Crippen molar-refractivity contribution in [3.63, 3.8) is 0 Å². The second kappa shape index (κ2) is 7.09. The van der Waals surface area contributed by atoms with Gasteiger partial charge in [-0.2, -0.15) is 0 Å². The van der Waals surface area contributed by atoms with Crippen LogP contribution in [0.25, 0.3) is 0 Å². The van der Waals surface area contributed by atoms with Crippen LogP contribution in [0.1, 0.15) is 30.4 Å². The summed E-state index contributed by atoms with van der Waals surface area (Å²) in [6.07, 6.45) is 5.37. The Balaban J connectivity index is 1.43. The Morgan fingerprint density at radius 3 is 2.84 bits per heavy atom.